The summed E-state index contributed by atoms with van der Waals surface area (Å²) in [6.45, 7) is 0. The monoisotopic (exact) mass is 371 g/mol. The number of aromatic amines is 2. The van der Waals surface area contributed by atoms with Crippen LogP contribution in [0.15, 0.2) is 30.6 Å². The Morgan fingerprint density at radius 1 is 1.00 bits per heavy atom. The van der Waals surface area contributed by atoms with Crippen LogP contribution >= 0.6 is 0 Å². The Labute approximate surface area is 152 Å². The average Bonchev–Trinajstić information content (AvgIpc) is 3.40. The highest BCUT2D eigenvalue weighted by Crippen LogP contribution is 2.42. The van der Waals surface area contributed by atoms with Gasteiger partial charge >= 0.3 is 6.18 Å². The standard InChI is InChI=1S/C19H16F3N5/c20-19(21,22)18-13(9-24-27-18)16-7-11(10-3-1-2-4-10)17-12-8-23-26-14(12)5-6-15(17)25-16/h5-10H,1-4H2,(H,23,26)(H,24,27). The number of rotatable bonds is 2. The molecule has 5 nitrogen and oxygen atoms in total. The third kappa shape index (κ3) is 2.58. The number of pyridine rings is 1. The van der Waals surface area contributed by atoms with Gasteiger partial charge in [-0.2, -0.15) is 23.4 Å². The molecule has 0 aliphatic heterocycles. The van der Waals surface area contributed by atoms with Crippen LogP contribution in [0.25, 0.3) is 33.1 Å². The number of halogens is 3. The van der Waals surface area contributed by atoms with E-state index in [4.69, 9.17) is 0 Å². The second-order valence-electron chi connectivity index (χ2n) is 7.03. The zero-order valence-corrected chi connectivity index (χ0v) is 14.3. The van der Waals surface area contributed by atoms with Crippen LogP contribution in [0.2, 0.25) is 0 Å². The summed E-state index contributed by atoms with van der Waals surface area (Å²) in [7, 11) is 0. The van der Waals surface area contributed by atoms with Crippen LogP contribution in [0.5, 0.6) is 0 Å². The van der Waals surface area contributed by atoms with Crippen LogP contribution in [-0.2, 0) is 6.18 Å². The number of hydrogen-bond acceptors (Lipinski definition) is 3. The van der Waals surface area contributed by atoms with E-state index < -0.39 is 11.9 Å². The Bertz CT molecular complexity index is 1140. The van der Waals surface area contributed by atoms with E-state index in [1.165, 1.54) is 6.20 Å². The molecule has 8 heteroatoms. The maximum Gasteiger partial charge on any atom is 0.433 e. The molecule has 1 aliphatic carbocycles. The molecule has 1 saturated carbocycles. The quantitative estimate of drug-likeness (QED) is 0.510. The number of hydrogen-bond donors (Lipinski definition) is 2. The van der Waals surface area contributed by atoms with Gasteiger partial charge in [-0.1, -0.05) is 12.8 Å². The SMILES string of the molecule is FC(F)(F)c1[nH]ncc1-c1cc(C2CCCC2)c2c(ccc3[nH]ncc32)n1. The van der Waals surface area contributed by atoms with Crippen molar-refractivity contribution in [2.75, 3.05) is 0 Å². The van der Waals surface area contributed by atoms with Crippen LogP contribution in [0.4, 0.5) is 13.2 Å². The summed E-state index contributed by atoms with van der Waals surface area (Å²) in [5.74, 6) is 0.316. The molecule has 2 N–H and O–H groups in total. The van der Waals surface area contributed by atoms with Gasteiger partial charge in [-0.15, -0.1) is 0 Å². The number of aromatic nitrogens is 5. The predicted molar refractivity (Wildman–Crippen MR) is 95.2 cm³/mol. The average molecular weight is 371 g/mol. The van der Waals surface area contributed by atoms with E-state index in [0.29, 0.717) is 17.1 Å². The van der Waals surface area contributed by atoms with Gasteiger partial charge in [-0.25, -0.2) is 4.98 Å². The van der Waals surface area contributed by atoms with E-state index in [9.17, 15) is 13.2 Å². The van der Waals surface area contributed by atoms with E-state index in [2.05, 4.69) is 25.4 Å². The van der Waals surface area contributed by atoms with Crippen molar-refractivity contribution in [1.29, 1.82) is 0 Å². The largest absolute Gasteiger partial charge is 0.433 e. The van der Waals surface area contributed by atoms with Crippen molar-refractivity contribution in [3.8, 4) is 11.3 Å². The summed E-state index contributed by atoms with van der Waals surface area (Å²) in [5, 5.41) is 14.7. The topological polar surface area (TPSA) is 70.2 Å². The molecule has 0 atom stereocenters. The van der Waals surface area contributed by atoms with Gasteiger partial charge in [0, 0.05) is 10.8 Å². The molecule has 138 valence electrons. The molecule has 0 bridgehead atoms. The summed E-state index contributed by atoms with van der Waals surface area (Å²) in [4.78, 5) is 4.55. The van der Waals surface area contributed by atoms with Gasteiger partial charge in [-0.05, 0) is 42.5 Å². The lowest BCUT2D eigenvalue weighted by Gasteiger charge is -2.16. The van der Waals surface area contributed by atoms with E-state index >= 15 is 0 Å². The molecule has 1 fully saturated rings. The fourth-order valence-corrected chi connectivity index (χ4v) is 4.18. The van der Waals surface area contributed by atoms with Crippen molar-refractivity contribution in [3.63, 3.8) is 0 Å². The molecule has 3 heterocycles. The third-order valence-electron chi connectivity index (χ3n) is 5.42. The Balaban J connectivity index is 1.81. The lowest BCUT2D eigenvalue weighted by atomic mass is 9.91. The Morgan fingerprint density at radius 3 is 2.56 bits per heavy atom. The fourth-order valence-electron chi connectivity index (χ4n) is 4.18. The number of nitrogens with zero attached hydrogens (tertiary/aromatic N) is 3. The molecule has 3 aromatic heterocycles. The minimum absolute atomic E-state index is 0.0177. The van der Waals surface area contributed by atoms with Crippen LogP contribution in [-0.4, -0.2) is 25.4 Å². The molecule has 5 rings (SSSR count). The van der Waals surface area contributed by atoms with Gasteiger partial charge in [0.05, 0.1) is 34.7 Å². The van der Waals surface area contributed by atoms with Crippen LogP contribution in [0.3, 0.4) is 0 Å². The van der Waals surface area contributed by atoms with Gasteiger partial charge in [0.25, 0.3) is 0 Å². The molecule has 1 aromatic carbocycles. The Kier molecular flexibility index (Phi) is 3.50. The zero-order valence-electron chi connectivity index (χ0n) is 14.3. The van der Waals surface area contributed by atoms with E-state index in [1.807, 2.05) is 18.2 Å². The molecule has 0 saturated heterocycles. The van der Waals surface area contributed by atoms with Crippen LogP contribution in [0, 0.1) is 0 Å². The van der Waals surface area contributed by atoms with Gasteiger partial charge in [0.1, 0.15) is 5.69 Å². The molecule has 0 radical (unpaired) electrons. The first-order chi connectivity index (χ1) is 13.0. The lowest BCUT2D eigenvalue weighted by Crippen LogP contribution is -2.08. The highest BCUT2D eigenvalue weighted by Gasteiger charge is 2.36. The van der Waals surface area contributed by atoms with Crippen LogP contribution < -0.4 is 0 Å². The fraction of sp³-hybridized carbons (Fsp3) is 0.316. The van der Waals surface area contributed by atoms with E-state index in [-0.39, 0.29) is 5.56 Å². The second kappa shape index (κ2) is 5.80. The summed E-state index contributed by atoms with van der Waals surface area (Å²) in [6.07, 6.45) is 2.77. The van der Waals surface area contributed by atoms with Crippen molar-refractivity contribution in [3.05, 3.63) is 41.9 Å². The number of H-pyrrole nitrogens is 2. The van der Waals surface area contributed by atoms with E-state index in [1.54, 1.807) is 6.20 Å². The van der Waals surface area contributed by atoms with Crippen molar-refractivity contribution in [2.45, 2.75) is 37.8 Å². The summed E-state index contributed by atoms with van der Waals surface area (Å²) in [5.41, 5.74) is 2.04. The van der Waals surface area contributed by atoms with E-state index in [0.717, 1.165) is 47.5 Å². The van der Waals surface area contributed by atoms with Crippen molar-refractivity contribution < 1.29 is 13.2 Å². The predicted octanol–water partition coefficient (Wildman–Crippen LogP) is 5.18. The maximum absolute atomic E-state index is 13.3. The molecule has 0 unspecified atom stereocenters. The molecular weight excluding hydrogens is 355 g/mol. The smallest absolute Gasteiger partial charge is 0.278 e. The second-order valence-corrected chi connectivity index (χ2v) is 7.03. The highest BCUT2D eigenvalue weighted by atomic mass is 19.4. The molecule has 1 aliphatic rings. The first kappa shape index (κ1) is 16.3. The number of nitrogens with one attached hydrogen (secondary N) is 2. The van der Waals surface area contributed by atoms with Gasteiger partial charge in [-0.3, -0.25) is 10.2 Å². The van der Waals surface area contributed by atoms with Crippen LogP contribution in [0.1, 0.15) is 42.9 Å². The Morgan fingerprint density at radius 2 is 1.78 bits per heavy atom. The Hall–Kier alpha value is -2.90. The molecule has 0 amide bonds. The number of benzene rings is 1. The third-order valence-corrected chi connectivity index (χ3v) is 5.42. The highest BCUT2D eigenvalue weighted by molar-refractivity contribution is 6.07. The molecule has 27 heavy (non-hydrogen) atoms. The van der Waals surface area contributed by atoms with Gasteiger partial charge in [0.2, 0.25) is 0 Å². The molecular formula is C19H16F3N5. The van der Waals surface area contributed by atoms with Gasteiger partial charge in [0.15, 0.2) is 0 Å². The van der Waals surface area contributed by atoms with Crippen molar-refractivity contribution >= 4 is 21.8 Å². The lowest BCUT2D eigenvalue weighted by molar-refractivity contribution is -0.140. The number of fused-ring (bicyclic) bond motifs is 3. The summed E-state index contributed by atoms with van der Waals surface area (Å²) >= 11 is 0. The van der Waals surface area contributed by atoms with Crippen molar-refractivity contribution in [2.24, 2.45) is 0 Å². The zero-order chi connectivity index (χ0) is 18.6. The normalized spacial score (nSPS) is 16.0. The maximum atomic E-state index is 13.3. The minimum Gasteiger partial charge on any atom is -0.278 e. The molecule has 4 aromatic rings. The minimum atomic E-state index is -4.51. The summed E-state index contributed by atoms with van der Waals surface area (Å²) in [6, 6.07) is 5.51. The number of alkyl halides is 3. The molecule has 0 spiro atoms. The summed E-state index contributed by atoms with van der Waals surface area (Å²) < 4.78 is 40.0. The first-order valence-corrected chi connectivity index (χ1v) is 8.90. The van der Waals surface area contributed by atoms with Crippen molar-refractivity contribution in [1.82, 2.24) is 25.4 Å². The first-order valence-electron chi connectivity index (χ1n) is 8.90. The van der Waals surface area contributed by atoms with Gasteiger partial charge < -0.3 is 0 Å².